The fourth-order valence-corrected chi connectivity index (χ4v) is 3.04. The number of carboxylic acid groups (broad SMARTS) is 1. The van der Waals surface area contributed by atoms with E-state index >= 15 is 0 Å². The molecule has 1 aliphatic carbocycles. The number of hydrogen-bond donors (Lipinski definition) is 2. The second kappa shape index (κ2) is 3.32. The number of rotatable bonds is 1. The Kier molecular flexibility index (Phi) is 2.02. The van der Waals surface area contributed by atoms with Crippen molar-refractivity contribution in [2.75, 3.05) is 0 Å². The molecule has 0 spiro atoms. The second-order valence-electron chi connectivity index (χ2n) is 4.84. The Morgan fingerprint density at radius 2 is 2.18 bits per heavy atom. The molecule has 17 heavy (non-hydrogen) atoms. The van der Waals surface area contributed by atoms with Crippen LogP contribution in [0.15, 0.2) is 24.3 Å². The van der Waals surface area contributed by atoms with E-state index in [1.54, 1.807) is 0 Å². The molecule has 1 fully saturated rings. The van der Waals surface area contributed by atoms with E-state index in [-0.39, 0.29) is 11.9 Å². The van der Waals surface area contributed by atoms with Crippen LogP contribution < -0.4 is 5.32 Å². The maximum Gasteiger partial charge on any atom is 0.312 e. The van der Waals surface area contributed by atoms with Crippen molar-refractivity contribution in [3.8, 4) is 0 Å². The summed E-state index contributed by atoms with van der Waals surface area (Å²) in [5, 5.41) is 12.3. The molecule has 0 radical (unpaired) electrons. The first-order valence-corrected chi connectivity index (χ1v) is 5.74. The van der Waals surface area contributed by atoms with Gasteiger partial charge in [-0.15, -0.1) is 0 Å². The summed E-state index contributed by atoms with van der Waals surface area (Å²) >= 11 is 0. The van der Waals surface area contributed by atoms with Gasteiger partial charge in [-0.1, -0.05) is 24.3 Å². The van der Waals surface area contributed by atoms with Crippen LogP contribution in [0.4, 0.5) is 0 Å². The minimum Gasteiger partial charge on any atom is -0.481 e. The van der Waals surface area contributed by atoms with Crippen LogP contribution in [0.1, 0.15) is 30.0 Å². The van der Waals surface area contributed by atoms with Crippen molar-refractivity contribution in [3.05, 3.63) is 35.4 Å². The van der Waals surface area contributed by atoms with Crippen molar-refractivity contribution in [2.45, 2.75) is 25.3 Å². The SMILES string of the molecule is O=C1CCC2(C(=O)O)Cc3ccccc3C2N1. The predicted molar refractivity (Wildman–Crippen MR) is 60.3 cm³/mol. The Hall–Kier alpha value is -1.84. The molecule has 3 rings (SSSR count). The Balaban J connectivity index is 2.12. The number of nitrogens with one attached hydrogen (secondary N) is 1. The number of carbonyl (C=O) groups is 2. The number of carboxylic acids is 1. The highest BCUT2D eigenvalue weighted by Crippen LogP contribution is 2.50. The largest absolute Gasteiger partial charge is 0.481 e. The number of fused-ring (bicyclic) bond motifs is 3. The van der Waals surface area contributed by atoms with Gasteiger partial charge in [-0.25, -0.2) is 0 Å². The molecule has 2 unspecified atom stereocenters. The molecule has 1 aromatic carbocycles. The van der Waals surface area contributed by atoms with Gasteiger partial charge in [0.15, 0.2) is 0 Å². The first kappa shape index (κ1) is 10.3. The van der Waals surface area contributed by atoms with Gasteiger partial charge in [0.05, 0.1) is 11.5 Å². The number of aliphatic carboxylic acids is 1. The highest BCUT2D eigenvalue weighted by atomic mass is 16.4. The van der Waals surface area contributed by atoms with E-state index in [2.05, 4.69) is 5.32 Å². The van der Waals surface area contributed by atoms with Gasteiger partial charge in [0, 0.05) is 6.42 Å². The second-order valence-corrected chi connectivity index (χ2v) is 4.84. The monoisotopic (exact) mass is 231 g/mol. The Labute approximate surface area is 98.6 Å². The van der Waals surface area contributed by atoms with Crippen LogP contribution in [0.25, 0.3) is 0 Å². The lowest BCUT2D eigenvalue weighted by Gasteiger charge is -2.36. The molecule has 2 atom stereocenters. The van der Waals surface area contributed by atoms with Crippen LogP contribution in [0.2, 0.25) is 0 Å². The average Bonchev–Trinajstić information content (AvgIpc) is 2.64. The highest BCUT2D eigenvalue weighted by Gasteiger charge is 2.54. The molecule has 0 bridgehead atoms. The quantitative estimate of drug-likeness (QED) is 0.764. The van der Waals surface area contributed by atoms with Gasteiger partial charge in [-0.3, -0.25) is 9.59 Å². The Morgan fingerprint density at radius 1 is 1.41 bits per heavy atom. The normalized spacial score (nSPS) is 30.4. The van der Waals surface area contributed by atoms with Gasteiger partial charge in [-0.2, -0.15) is 0 Å². The van der Waals surface area contributed by atoms with E-state index in [1.165, 1.54) is 0 Å². The van der Waals surface area contributed by atoms with E-state index in [4.69, 9.17) is 0 Å². The molecular weight excluding hydrogens is 218 g/mol. The topological polar surface area (TPSA) is 66.4 Å². The number of carbonyl (C=O) groups excluding carboxylic acids is 1. The first-order chi connectivity index (χ1) is 8.13. The van der Waals surface area contributed by atoms with Crippen molar-refractivity contribution in [2.24, 2.45) is 5.41 Å². The lowest BCUT2D eigenvalue weighted by atomic mass is 9.74. The van der Waals surface area contributed by atoms with Gasteiger partial charge in [0.25, 0.3) is 0 Å². The summed E-state index contributed by atoms with van der Waals surface area (Å²) < 4.78 is 0. The standard InChI is InChI=1S/C13H13NO3/c15-10-5-6-13(12(16)17)7-8-3-1-2-4-9(8)11(13)14-10/h1-4,11H,5-7H2,(H,14,15)(H,16,17). The van der Waals surface area contributed by atoms with Gasteiger partial charge in [0.1, 0.15) is 0 Å². The lowest BCUT2D eigenvalue weighted by Crippen LogP contribution is -2.48. The van der Waals surface area contributed by atoms with Crippen LogP contribution in [0.5, 0.6) is 0 Å². The summed E-state index contributed by atoms with van der Waals surface area (Å²) in [4.78, 5) is 23.1. The third kappa shape index (κ3) is 1.30. The van der Waals surface area contributed by atoms with Crippen LogP contribution in [0.3, 0.4) is 0 Å². The Morgan fingerprint density at radius 3 is 2.94 bits per heavy atom. The van der Waals surface area contributed by atoms with E-state index in [0.29, 0.717) is 19.3 Å². The molecule has 88 valence electrons. The zero-order valence-electron chi connectivity index (χ0n) is 9.27. The summed E-state index contributed by atoms with van der Waals surface area (Å²) in [7, 11) is 0. The fourth-order valence-electron chi connectivity index (χ4n) is 3.04. The summed E-state index contributed by atoms with van der Waals surface area (Å²) in [5.41, 5.74) is 1.17. The van der Waals surface area contributed by atoms with E-state index in [9.17, 15) is 14.7 Å². The number of benzene rings is 1. The van der Waals surface area contributed by atoms with E-state index in [1.807, 2.05) is 24.3 Å². The molecule has 1 saturated heterocycles. The summed E-state index contributed by atoms with van der Waals surface area (Å²) in [6.45, 7) is 0. The zero-order chi connectivity index (χ0) is 12.0. The van der Waals surface area contributed by atoms with Crippen molar-refractivity contribution < 1.29 is 14.7 Å². The number of piperidine rings is 1. The van der Waals surface area contributed by atoms with E-state index in [0.717, 1.165) is 11.1 Å². The zero-order valence-corrected chi connectivity index (χ0v) is 9.27. The van der Waals surface area contributed by atoms with Crippen LogP contribution in [0, 0.1) is 5.41 Å². The van der Waals surface area contributed by atoms with Gasteiger partial charge in [-0.05, 0) is 24.0 Å². The maximum absolute atomic E-state index is 11.6. The average molecular weight is 231 g/mol. The van der Waals surface area contributed by atoms with Crippen LogP contribution in [-0.4, -0.2) is 17.0 Å². The molecule has 4 heteroatoms. The molecule has 1 amide bonds. The third-order valence-electron chi connectivity index (χ3n) is 3.95. The van der Waals surface area contributed by atoms with Crippen molar-refractivity contribution in [3.63, 3.8) is 0 Å². The third-order valence-corrected chi connectivity index (χ3v) is 3.95. The number of amides is 1. The molecule has 2 aliphatic rings. The molecule has 1 aliphatic heterocycles. The smallest absolute Gasteiger partial charge is 0.312 e. The maximum atomic E-state index is 11.6. The molecule has 4 nitrogen and oxygen atoms in total. The first-order valence-electron chi connectivity index (χ1n) is 5.74. The molecule has 0 aromatic heterocycles. The minimum absolute atomic E-state index is 0.0522. The van der Waals surface area contributed by atoms with Crippen LogP contribution >= 0.6 is 0 Å². The molecule has 1 heterocycles. The highest BCUT2D eigenvalue weighted by molar-refractivity contribution is 5.85. The van der Waals surface area contributed by atoms with E-state index < -0.39 is 11.4 Å². The van der Waals surface area contributed by atoms with Crippen molar-refractivity contribution in [1.29, 1.82) is 0 Å². The van der Waals surface area contributed by atoms with Crippen molar-refractivity contribution in [1.82, 2.24) is 5.32 Å². The molecule has 0 saturated carbocycles. The summed E-state index contributed by atoms with van der Waals surface area (Å²) in [6, 6.07) is 7.30. The number of hydrogen-bond acceptors (Lipinski definition) is 2. The fraction of sp³-hybridized carbons (Fsp3) is 0.385. The van der Waals surface area contributed by atoms with Gasteiger partial charge >= 0.3 is 5.97 Å². The minimum atomic E-state index is -0.836. The molecule has 2 N–H and O–H groups in total. The summed E-state index contributed by atoms with van der Waals surface area (Å²) in [5.74, 6) is -0.859. The molecule has 1 aromatic rings. The Bertz CT molecular complexity index is 511. The lowest BCUT2D eigenvalue weighted by molar-refractivity contribution is -0.153. The van der Waals surface area contributed by atoms with Gasteiger partial charge < -0.3 is 10.4 Å². The van der Waals surface area contributed by atoms with Gasteiger partial charge in [0.2, 0.25) is 5.91 Å². The van der Waals surface area contributed by atoms with Crippen molar-refractivity contribution >= 4 is 11.9 Å². The predicted octanol–water partition coefficient (Wildman–Crippen LogP) is 1.26. The summed E-state index contributed by atoms with van der Waals surface area (Å²) in [6.07, 6.45) is 1.24. The molecular formula is C13H13NO3. The van der Waals surface area contributed by atoms with Crippen LogP contribution in [-0.2, 0) is 16.0 Å².